The van der Waals surface area contributed by atoms with E-state index in [9.17, 15) is 0 Å². The topological polar surface area (TPSA) is 26.0 Å². The molecular formula is C16H25N. The minimum absolute atomic E-state index is 0.357. The highest BCUT2D eigenvalue weighted by Crippen LogP contribution is 2.26. The molecule has 1 aliphatic rings. The monoisotopic (exact) mass is 231 g/mol. The van der Waals surface area contributed by atoms with Crippen LogP contribution in [-0.2, 0) is 6.42 Å². The molecule has 0 spiro atoms. The van der Waals surface area contributed by atoms with Gasteiger partial charge in [0.2, 0.25) is 0 Å². The number of hydrogen-bond donors (Lipinski definition) is 1. The SMILES string of the molecule is Cc1ccc(CC(N)C2CCCCCC2)cc1. The summed E-state index contributed by atoms with van der Waals surface area (Å²) in [5.74, 6) is 0.749. The standard InChI is InChI=1S/C16H25N/c1-13-8-10-14(11-9-13)12-16(17)15-6-4-2-3-5-7-15/h8-11,15-16H,2-7,12,17H2,1H3. The molecule has 0 radical (unpaired) electrons. The van der Waals surface area contributed by atoms with Gasteiger partial charge in [-0.1, -0.05) is 55.5 Å². The van der Waals surface area contributed by atoms with Gasteiger partial charge < -0.3 is 5.73 Å². The molecule has 1 heteroatoms. The van der Waals surface area contributed by atoms with E-state index in [1.807, 2.05) is 0 Å². The summed E-state index contributed by atoms with van der Waals surface area (Å²) in [6, 6.07) is 9.19. The molecule has 1 aromatic carbocycles. The molecule has 0 heterocycles. The second kappa shape index (κ2) is 6.20. The van der Waals surface area contributed by atoms with Crippen LogP contribution in [0.15, 0.2) is 24.3 Å². The van der Waals surface area contributed by atoms with Gasteiger partial charge in [0.15, 0.2) is 0 Å². The molecule has 0 saturated heterocycles. The Hall–Kier alpha value is -0.820. The summed E-state index contributed by atoms with van der Waals surface area (Å²) < 4.78 is 0. The maximum atomic E-state index is 6.39. The highest BCUT2D eigenvalue weighted by molar-refractivity contribution is 5.22. The van der Waals surface area contributed by atoms with Crippen molar-refractivity contribution in [2.75, 3.05) is 0 Å². The van der Waals surface area contributed by atoms with Crippen molar-refractivity contribution < 1.29 is 0 Å². The third kappa shape index (κ3) is 3.85. The summed E-state index contributed by atoms with van der Waals surface area (Å²) in [6.07, 6.45) is 9.31. The molecule has 0 aliphatic heterocycles. The van der Waals surface area contributed by atoms with Crippen LogP contribution >= 0.6 is 0 Å². The molecule has 1 nitrogen and oxygen atoms in total. The molecule has 1 aliphatic carbocycles. The predicted octanol–water partition coefficient (Wildman–Crippen LogP) is 3.84. The fourth-order valence-corrected chi connectivity index (χ4v) is 2.90. The van der Waals surface area contributed by atoms with Crippen molar-refractivity contribution in [3.05, 3.63) is 35.4 Å². The summed E-state index contributed by atoms with van der Waals surface area (Å²) in [4.78, 5) is 0. The van der Waals surface area contributed by atoms with Gasteiger partial charge in [0.25, 0.3) is 0 Å². The van der Waals surface area contributed by atoms with E-state index in [1.54, 1.807) is 0 Å². The highest BCUT2D eigenvalue weighted by Gasteiger charge is 2.19. The van der Waals surface area contributed by atoms with Crippen LogP contribution in [0.25, 0.3) is 0 Å². The van der Waals surface area contributed by atoms with Gasteiger partial charge >= 0.3 is 0 Å². The lowest BCUT2D eigenvalue weighted by molar-refractivity contribution is 0.372. The molecule has 2 rings (SSSR count). The lowest BCUT2D eigenvalue weighted by Gasteiger charge is -2.22. The Morgan fingerprint density at radius 2 is 1.65 bits per heavy atom. The van der Waals surface area contributed by atoms with Crippen molar-refractivity contribution in [2.24, 2.45) is 11.7 Å². The van der Waals surface area contributed by atoms with Crippen molar-refractivity contribution in [3.8, 4) is 0 Å². The summed E-state index contributed by atoms with van der Waals surface area (Å²) in [5, 5.41) is 0. The summed E-state index contributed by atoms with van der Waals surface area (Å²) in [5.41, 5.74) is 9.11. The number of benzene rings is 1. The summed E-state index contributed by atoms with van der Waals surface area (Å²) in [6.45, 7) is 2.13. The van der Waals surface area contributed by atoms with Crippen molar-refractivity contribution in [2.45, 2.75) is 57.9 Å². The molecule has 94 valence electrons. The quantitative estimate of drug-likeness (QED) is 0.786. The van der Waals surface area contributed by atoms with Crippen LogP contribution in [0.3, 0.4) is 0 Å². The normalized spacial score (nSPS) is 19.9. The van der Waals surface area contributed by atoms with E-state index < -0.39 is 0 Å². The second-order valence-electron chi connectivity index (χ2n) is 5.61. The number of aryl methyl sites for hydroxylation is 1. The molecule has 0 aromatic heterocycles. The number of rotatable bonds is 3. The van der Waals surface area contributed by atoms with Crippen LogP contribution in [0.1, 0.15) is 49.7 Å². The zero-order valence-electron chi connectivity index (χ0n) is 11.0. The van der Waals surface area contributed by atoms with E-state index in [2.05, 4.69) is 31.2 Å². The van der Waals surface area contributed by atoms with Gasteiger partial charge in [0.1, 0.15) is 0 Å². The van der Waals surface area contributed by atoms with E-state index in [4.69, 9.17) is 5.73 Å². The average Bonchev–Trinajstić information content (AvgIpc) is 2.61. The Balaban J connectivity index is 1.90. The van der Waals surface area contributed by atoms with Crippen LogP contribution < -0.4 is 5.73 Å². The van der Waals surface area contributed by atoms with Crippen molar-refractivity contribution >= 4 is 0 Å². The predicted molar refractivity (Wildman–Crippen MR) is 74.1 cm³/mol. The first-order chi connectivity index (χ1) is 8.25. The average molecular weight is 231 g/mol. The molecule has 17 heavy (non-hydrogen) atoms. The van der Waals surface area contributed by atoms with Gasteiger partial charge in [-0.15, -0.1) is 0 Å². The first-order valence-electron chi connectivity index (χ1n) is 7.07. The first kappa shape index (κ1) is 12.6. The smallest absolute Gasteiger partial charge is 0.0108 e. The highest BCUT2D eigenvalue weighted by atomic mass is 14.6. The Kier molecular flexibility index (Phi) is 4.61. The van der Waals surface area contributed by atoms with Gasteiger partial charge in [0, 0.05) is 6.04 Å². The van der Waals surface area contributed by atoms with E-state index >= 15 is 0 Å². The molecular weight excluding hydrogens is 206 g/mol. The first-order valence-corrected chi connectivity index (χ1v) is 7.07. The molecule has 1 unspecified atom stereocenters. The number of hydrogen-bond acceptors (Lipinski definition) is 1. The van der Waals surface area contributed by atoms with Gasteiger partial charge in [-0.2, -0.15) is 0 Å². The van der Waals surface area contributed by atoms with Crippen molar-refractivity contribution in [3.63, 3.8) is 0 Å². The fourth-order valence-electron chi connectivity index (χ4n) is 2.90. The summed E-state index contributed by atoms with van der Waals surface area (Å²) in [7, 11) is 0. The Morgan fingerprint density at radius 1 is 1.06 bits per heavy atom. The molecule has 1 fully saturated rings. The van der Waals surface area contributed by atoms with Crippen LogP contribution in [0.2, 0.25) is 0 Å². The summed E-state index contributed by atoms with van der Waals surface area (Å²) >= 11 is 0. The second-order valence-corrected chi connectivity index (χ2v) is 5.61. The number of nitrogens with two attached hydrogens (primary N) is 1. The molecule has 0 bridgehead atoms. The molecule has 1 atom stereocenters. The Labute approximate surface area is 105 Å². The maximum absolute atomic E-state index is 6.39. The van der Waals surface area contributed by atoms with Crippen LogP contribution in [0.5, 0.6) is 0 Å². The molecule has 1 aromatic rings. The van der Waals surface area contributed by atoms with Crippen molar-refractivity contribution in [1.29, 1.82) is 0 Å². The van der Waals surface area contributed by atoms with E-state index in [-0.39, 0.29) is 0 Å². The van der Waals surface area contributed by atoms with Gasteiger partial charge in [-0.05, 0) is 37.7 Å². The van der Waals surface area contributed by atoms with Crippen LogP contribution in [0, 0.1) is 12.8 Å². The third-order valence-corrected chi connectivity index (χ3v) is 4.10. The van der Waals surface area contributed by atoms with Crippen molar-refractivity contribution in [1.82, 2.24) is 0 Å². The zero-order valence-corrected chi connectivity index (χ0v) is 11.0. The lowest BCUT2D eigenvalue weighted by atomic mass is 9.88. The molecule has 1 saturated carbocycles. The Bertz CT molecular complexity index is 320. The minimum atomic E-state index is 0.357. The largest absolute Gasteiger partial charge is 0.327 e. The van der Waals surface area contributed by atoms with Gasteiger partial charge in [0.05, 0.1) is 0 Å². The van der Waals surface area contributed by atoms with E-state index in [0.29, 0.717) is 6.04 Å². The van der Waals surface area contributed by atoms with E-state index in [1.165, 1.54) is 49.7 Å². The van der Waals surface area contributed by atoms with E-state index in [0.717, 1.165) is 12.3 Å². The molecule has 2 N–H and O–H groups in total. The molecule has 0 amide bonds. The van der Waals surface area contributed by atoms with Gasteiger partial charge in [-0.25, -0.2) is 0 Å². The van der Waals surface area contributed by atoms with Crippen LogP contribution in [-0.4, -0.2) is 6.04 Å². The Morgan fingerprint density at radius 3 is 2.24 bits per heavy atom. The zero-order chi connectivity index (χ0) is 12.1. The van der Waals surface area contributed by atoms with Crippen LogP contribution in [0.4, 0.5) is 0 Å². The minimum Gasteiger partial charge on any atom is -0.327 e. The fraction of sp³-hybridized carbons (Fsp3) is 0.625. The van der Waals surface area contributed by atoms with Gasteiger partial charge in [-0.3, -0.25) is 0 Å². The lowest BCUT2D eigenvalue weighted by Crippen LogP contribution is -2.32. The maximum Gasteiger partial charge on any atom is 0.0108 e. The third-order valence-electron chi connectivity index (χ3n) is 4.10.